The fourth-order valence-corrected chi connectivity index (χ4v) is 3.61. The molecule has 2 amide bonds. The van der Waals surface area contributed by atoms with Crippen molar-refractivity contribution in [2.75, 3.05) is 6.54 Å². The normalized spacial score (nSPS) is 21.0. The molecule has 1 aliphatic rings. The van der Waals surface area contributed by atoms with Crippen LogP contribution in [-0.4, -0.2) is 51.2 Å². The van der Waals surface area contributed by atoms with Crippen LogP contribution in [0.25, 0.3) is 0 Å². The van der Waals surface area contributed by atoms with E-state index in [1.165, 1.54) is 4.90 Å². The number of aliphatic carboxylic acids is 1. The van der Waals surface area contributed by atoms with Crippen LogP contribution < -0.4 is 5.32 Å². The molecule has 2 rings (SSSR count). The van der Waals surface area contributed by atoms with Crippen LogP contribution in [0.15, 0.2) is 30.3 Å². The van der Waals surface area contributed by atoms with Crippen LogP contribution in [-0.2, 0) is 20.8 Å². The summed E-state index contributed by atoms with van der Waals surface area (Å²) in [4.78, 5) is 37.4. The molecule has 1 fully saturated rings. The topological polar surface area (TPSA) is 86.7 Å². The molecule has 6 nitrogen and oxygen atoms in total. The smallest absolute Gasteiger partial charge is 0.323 e. The molecule has 0 spiro atoms. The number of hydrogen-bond acceptors (Lipinski definition) is 4. The lowest BCUT2D eigenvalue weighted by molar-refractivity contribution is -0.149. The van der Waals surface area contributed by atoms with Gasteiger partial charge in [0.2, 0.25) is 11.8 Å². The lowest BCUT2D eigenvalue weighted by Gasteiger charge is -2.42. The maximum absolute atomic E-state index is 12.6. The Bertz CT molecular complexity index is 663. The second-order valence-electron chi connectivity index (χ2n) is 7.19. The van der Waals surface area contributed by atoms with Gasteiger partial charge in [0.15, 0.2) is 0 Å². The van der Waals surface area contributed by atoms with E-state index in [2.05, 4.69) is 17.9 Å². The Morgan fingerprint density at radius 1 is 1.35 bits per heavy atom. The van der Waals surface area contributed by atoms with Crippen molar-refractivity contribution < 1.29 is 19.5 Å². The van der Waals surface area contributed by atoms with E-state index in [0.717, 1.165) is 5.56 Å². The lowest BCUT2D eigenvalue weighted by atomic mass is 9.90. The number of likely N-dealkylation sites (tertiary alicyclic amines) is 1. The third-order valence-corrected chi connectivity index (χ3v) is 5.33. The average molecular weight is 378 g/mol. The zero-order valence-corrected chi connectivity index (χ0v) is 16.0. The number of rotatable bonds is 6. The molecule has 1 heterocycles. The molecule has 2 N–H and O–H groups in total. The molecule has 0 unspecified atom stereocenters. The predicted octanol–water partition coefficient (Wildman–Crippen LogP) is 1.89. The van der Waals surface area contributed by atoms with E-state index in [-0.39, 0.29) is 30.8 Å². The molecule has 1 saturated heterocycles. The highest BCUT2D eigenvalue weighted by Crippen LogP contribution is 2.28. The maximum atomic E-state index is 12.6. The van der Waals surface area contributed by atoms with Gasteiger partial charge in [-0.2, -0.15) is 12.6 Å². The van der Waals surface area contributed by atoms with E-state index in [1.807, 2.05) is 30.3 Å². The monoisotopic (exact) mass is 378 g/mol. The zero-order chi connectivity index (χ0) is 19.3. The minimum Gasteiger partial charge on any atom is -0.480 e. The van der Waals surface area contributed by atoms with Crippen LogP contribution >= 0.6 is 12.6 Å². The number of carbonyl (C=O) groups excluding carboxylic acids is 2. The summed E-state index contributed by atoms with van der Waals surface area (Å²) < 4.78 is 0. The Hall–Kier alpha value is -2.02. The lowest BCUT2D eigenvalue weighted by Crippen LogP contribution is -2.61. The summed E-state index contributed by atoms with van der Waals surface area (Å²) in [5.74, 6) is -1.46. The second-order valence-corrected chi connectivity index (χ2v) is 7.81. The zero-order valence-electron chi connectivity index (χ0n) is 15.1. The highest BCUT2D eigenvalue weighted by atomic mass is 32.1. The van der Waals surface area contributed by atoms with Gasteiger partial charge in [0.1, 0.15) is 6.54 Å². The highest BCUT2D eigenvalue weighted by molar-refractivity contribution is 7.81. The van der Waals surface area contributed by atoms with E-state index in [0.29, 0.717) is 19.3 Å². The number of hydrogen-bond donors (Lipinski definition) is 3. The van der Waals surface area contributed by atoms with Crippen LogP contribution in [0.1, 0.15) is 38.7 Å². The van der Waals surface area contributed by atoms with Crippen molar-refractivity contribution in [2.24, 2.45) is 0 Å². The van der Waals surface area contributed by atoms with E-state index in [9.17, 15) is 14.4 Å². The first-order valence-electron chi connectivity index (χ1n) is 8.76. The minimum atomic E-state index is -1.06. The quantitative estimate of drug-likeness (QED) is 0.660. The highest BCUT2D eigenvalue weighted by Gasteiger charge is 2.42. The Morgan fingerprint density at radius 3 is 2.62 bits per heavy atom. The summed E-state index contributed by atoms with van der Waals surface area (Å²) in [6, 6.07) is 9.30. The number of carboxylic acid groups (broad SMARTS) is 1. The van der Waals surface area contributed by atoms with Crippen molar-refractivity contribution in [2.45, 2.75) is 56.4 Å². The molecule has 26 heavy (non-hydrogen) atoms. The molecule has 0 aromatic heterocycles. The largest absolute Gasteiger partial charge is 0.480 e. The summed E-state index contributed by atoms with van der Waals surface area (Å²) in [5, 5.41) is 11.6. The summed E-state index contributed by atoms with van der Waals surface area (Å²) in [5.41, 5.74) is 0.229. The molecule has 0 radical (unpaired) electrons. The van der Waals surface area contributed by atoms with Gasteiger partial charge in [-0.15, -0.1) is 0 Å². The number of carbonyl (C=O) groups is 3. The van der Waals surface area contributed by atoms with Gasteiger partial charge in [0.25, 0.3) is 0 Å². The molecular formula is C19H26N2O4S. The second kappa shape index (κ2) is 8.58. The fraction of sp³-hybridized carbons (Fsp3) is 0.526. The Morgan fingerprint density at radius 2 is 2.00 bits per heavy atom. The number of nitrogens with zero attached hydrogens (tertiary/aromatic N) is 1. The Balaban J connectivity index is 2.09. The van der Waals surface area contributed by atoms with Crippen LogP contribution in [0.5, 0.6) is 0 Å². The first-order chi connectivity index (χ1) is 12.2. The van der Waals surface area contributed by atoms with Gasteiger partial charge in [-0.05, 0) is 38.7 Å². The van der Waals surface area contributed by atoms with Gasteiger partial charge < -0.3 is 15.3 Å². The van der Waals surface area contributed by atoms with Crippen LogP contribution in [0.2, 0.25) is 0 Å². The number of benzene rings is 1. The van der Waals surface area contributed by atoms with Gasteiger partial charge in [-0.3, -0.25) is 14.4 Å². The van der Waals surface area contributed by atoms with E-state index in [1.54, 1.807) is 13.8 Å². The molecule has 1 aromatic rings. The SMILES string of the molecule is CC1(C)[C@@H](NC(=O)[C@@H](S)Cc2ccccc2)CCCC(=O)N1CC(=O)O. The van der Waals surface area contributed by atoms with Gasteiger partial charge in [-0.25, -0.2) is 0 Å². The van der Waals surface area contributed by atoms with Crippen molar-refractivity contribution >= 4 is 30.4 Å². The van der Waals surface area contributed by atoms with Crippen LogP contribution in [0, 0.1) is 0 Å². The van der Waals surface area contributed by atoms with Gasteiger partial charge in [0, 0.05) is 6.42 Å². The summed E-state index contributed by atoms with van der Waals surface area (Å²) in [6.45, 7) is 3.23. The minimum absolute atomic E-state index is 0.194. The number of thiol groups is 1. The molecular weight excluding hydrogens is 352 g/mol. The van der Waals surface area contributed by atoms with Crippen LogP contribution in [0.3, 0.4) is 0 Å². The van der Waals surface area contributed by atoms with Crippen LogP contribution in [0.4, 0.5) is 0 Å². The predicted molar refractivity (Wildman–Crippen MR) is 102 cm³/mol. The van der Waals surface area contributed by atoms with E-state index >= 15 is 0 Å². The molecule has 2 atom stereocenters. The molecule has 1 aromatic carbocycles. The number of carboxylic acids is 1. The fourth-order valence-electron chi connectivity index (χ4n) is 3.33. The number of amides is 2. The third kappa shape index (κ3) is 5.00. The summed E-state index contributed by atoms with van der Waals surface area (Å²) in [7, 11) is 0. The Labute approximate surface area is 159 Å². The van der Waals surface area contributed by atoms with E-state index < -0.39 is 16.8 Å². The van der Waals surface area contributed by atoms with Gasteiger partial charge in [0.05, 0.1) is 16.8 Å². The Kier molecular flexibility index (Phi) is 6.69. The summed E-state index contributed by atoms with van der Waals surface area (Å²) in [6.07, 6.45) is 2.02. The van der Waals surface area contributed by atoms with Crippen molar-refractivity contribution in [1.82, 2.24) is 10.2 Å². The molecule has 7 heteroatoms. The van der Waals surface area contributed by atoms with Gasteiger partial charge >= 0.3 is 5.97 Å². The molecule has 0 saturated carbocycles. The molecule has 0 bridgehead atoms. The number of nitrogens with one attached hydrogen (secondary N) is 1. The van der Waals surface area contributed by atoms with Crippen molar-refractivity contribution in [3.8, 4) is 0 Å². The van der Waals surface area contributed by atoms with Crippen molar-refractivity contribution in [3.05, 3.63) is 35.9 Å². The average Bonchev–Trinajstić information content (AvgIpc) is 2.67. The first kappa shape index (κ1) is 20.3. The summed E-state index contributed by atoms with van der Waals surface area (Å²) >= 11 is 4.43. The van der Waals surface area contributed by atoms with Gasteiger partial charge in [-0.1, -0.05) is 30.3 Å². The molecule has 142 valence electrons. The molecule has 1 aliphatic heterocycles. The standard InChI is InChI=1S/C19H26N2O4S/c1-19(2)15(9-6-10-16(22)21(19)12-17(23)24)20-18(25)14(26)11-13-7-4-3-5-8-13/h3-5,7-8,14-15,26H,6,9-12H2,1-2H3,(H,20,25)(H,23,24)/t14-,15-/m0/s1. The van der Waals surface area contributed by atoms with Crippen molar-refractivity contribution in [1.29, 1.82) is 0 Å². The molecule has 0 aliphatic carbocycles. The first-order valence-corrected chi connectivity index (χ1v) is 9.28. The third-order valence-electron chi connectivity index (χ3n) is 4.92. The van der Waals surface area contributed by atoms with E-state index in [4.69, 9.17) is 5.11 Å². The maximum Gasteiger partial charge on any atom is 0.323 e. The van der Waals surface area contributed by atoms with Crippen molar-refractivity contribution in [3.63, 3.8) is 0 Å².